The number of aliphatic hydroxyl groups is 1. The third-order valence-corrected chi connectivity index (χ3v) is 4.43. The number of nitrogens with zero attached hydrogens (tertiary/aromatic N) is 1. The van der Waals surface area contributed by atoms with E-state index >= 15 is 0 Å². The fourth-order valence-electron chi connectivity index (χ4n) is 2.36. The summed E-state index contributed by atoms with van der Waals surface area (Å²) in [4.78, 5) is 13.4. The molecule has 1 amide bonds. The standard InChI is InChI=1S/C13H17FN2O5S/c1-2-16(11-6-21-7-12(11)17)13(18)9-5-8(22(15,19)20)3-4-10(9)14/h3-5,11-12,17H,2,6-7H2,1H3,(H2,15,19,20)/t11-,12-/m1/s1. The first kappa shape index (κ1) is 16.8. The first-order valence-electron chi connectivity index (χ1n) is 6.64. The molecule has 1 aromatic rings. The molecule has 0 bridgehead atoms. The van der Waals surface area contributed by atoms with Crippen LogP contribution in [-0.2, 0) is 14.8 Å². The van der Waals surface area contributed by atoms with Gasteiger partial charge in [0.15, 0.2) is 0 Å². The molecule has 2 atom stereocenters. The van der Waals surface area contributed by atoms with Gasteiger partial charge in [0, 0.05) is 6.54 Å². The third kappa shape index (κ3) is 3.27. The van der Waals surface area contributed by atoms with Crippen molar-refractivity contribution in [3.8, 4) is 0 Å². The summed E-state index contributed by atoms with van der Waals surface area (Å²) < 4.78 is 41.7. The van der Waals surface area contributed by atoms with Gasteiger partial charge in [-0.3, -0.25) is 4.79 Å². The summed E-state index contributed by atoms with van der Waals surface area (Å²) in [5.74, 6) is -1.58. The Kier molecular flexibility index (Phi) is 4.81. The van der Waals surface area contributed by atoms with Crippen LogP contribution in [0.25, 0.3) is 0 Å². The van der Waals surface area contributed by atoms with Crippen LogP contribution in [0.15, 0.2) is 23.1 Å². The molecule has 0 aliphatic carbocycles. The molecule has 7 nitrogen and oxygen atoms in total. The van der Waals surface area contributed by atoms with Gasteiger partial charge in [-0.2, -0.15) is 0 Å². The van der Waals surface area contributed by atoms with E-state index in [0.29, 0.717) is 0 Å². The van der Waals surface area contributed by atoms with Crippen LogP contribution in [0.5, 0.6) is 0 Å². The molecule has 9 heteroatoms. The number of sulfonamides is 1. The van der Waals surface area contributed by atoms with E-state index in [4.69, 9.17) is 9.88 Å². The van der Waals surface area contributed by atoms with E-state index in [1.807, 2.05) is 0 Å². The van der Waals surface area contributed by atoms with Gasteiger partial charge in [-0.25, -0.2) is 17.9 Å². The number of ether oxygens (including phenoxy) is 1. The van der Waals surface area contributed by atoms with Crippen LogP contribution in [-0.4, -0.2) is 56.2 Å². The highest BCUT2D eigenvalue weighted by Gasteiger charge is 2.35. The lowest BCUT2D eigenvalue weighted by molar-refractivity contribution is 0.0516. The highest BCUT2D eigenvalue weighted by Crippen LogP contribution is 2.20. The topological polar surface area (TPSA) is 110 Å². The van der Waals surface area contributed by atoms with E-state index in [1.165, 1.54) is 4.90 Å². The Labute approximate surface area is 127 Å². The van der Waals surface area contributed by atoms with Crippen molar-refractivity contribution in [2.24, 2.45) is 5.14 Å². The first-order chi connectivity index (χ1) is 10.3. The Morgan fingerprint density at radius 1 is 1.50 bits per heavy atom. The molecule has 1 aliphatic heterocycles. The molecule has 3 N–H and O–H groups in total. The number of benzene rings is 1. The van der Waals surface area contributed by atoms with Crippen molar-refractivity contribution in [2.45, 2.75) is 24.0 Å². The molecule has 1 aromatic carbocycles. The second-order valence-corrected chi connectivity index (χ2v) is 6.51. The fraction of sp³-hybridized carbons (Fsp3) is 0.462. The first-order valence-corrected chi connectivity index (χ1v) is 8.19. The number of carbonyl (C=O) groups is 1. The summed E-state index contributed by atoms with van der Waals surface area (Å²) in [5.41, 5.74) is -0.410. The predicted molar refractivity (Wildman–Crippen MR) is 75.1 cm³/mol. The molecule has 2 rings (SSSR count). The molecule has 1 heterocycles. The largest absolute Gasteiger partial charge is 0.388 e. The van der Waals surface area contributed by atoms with Gasteiger partial charge in [-0.1, -0.05) is 0 Å². The lowest BCUT2D eigenvalue weighted by Gasteiger charge is -2.29. The number of aliphatic hydroxyl groups excluding tert-OH is 1. The quantitative estimate of drug-likeness (QED) is 0.786. The highest BCUT2D eigenvalue weighted by atomic mass is 32.2. The molecule has 122 valence electrons. The molecule has 0 aromatic heterocycles. The van der Waals surface area contributed by atoms with Gasteiger partial charge in [0.1, 0.15) is 5.82 Å². The fourth-order valence-corrected chi connectivity index (χ4v) is 2.90. The van der Waals surface area contributed by atoms with Crippen molar-refractivity contribution in [1.82, 2.24) is 4.90 Å². The van der Waals surface area contributed by atoms with Crippen molar-refractivity contribution < 1.29 is 27.4 Å². The minimum atomic E-state index is -4.05. The summed E-state index contributed by atoms with van der Waals surface area (Å²) in [6.07, 6.45) is -0.867. The maximum absolute atomic E-state index is 13.9. The molecule has 0 radical (unpaired) electrons. The van der Waals surface area contributed by atoms with Gasteiger partial charge in [-0.05, 0) is 25.1 Å². The number of halogens is 1. The molecule has 0 spiro atoms. The average molecular weight is 332 g/mol. The van der Waals surface area contributed by atoms with Gasteiger partial charge in [-0.15, -0.1) is 0 Å². The zero-order valence-corrected chi connectivity index (χ0v) is 12.7. The number of nitrogens with two attached hydrogens (primary N) is 1. The van der Waals surface area contributed by atoms with E-state index in [2.05, 4.69) is 0 Å². The van der Waals surface area contributed by atoms with E-state index in [1.54, 1.807) is 6.92 Å². The molecule has 22 heavy (non-hydrogen) atoms. The number of primary sulfonamides is 1. The summed E-state index contributed by atoms with van der Waals surface area (Å²) in [6.45, 7) is 2.11. The zero-order valence-electron chi connectivity index (χ0n) is 11.9. The van der Waals surface area contributed by atoms with E-state index in [0.717, 1.165) is 18.2 Å². The predicted octanol–water partition coefficient (Wildman–Crippen LogP) is -0.305. The SMILES string of the molecule is CCN(C(=O)c1cc(S(N)(=O)=O)ccc1F)[C@@H]1COC[C@H]1O. The average Bonchev–Trinajstić information content (AvgIpc) is 2.85. The molecule has 1 aliphatic rings. The molecule has 1 saturated heterocycles. The third-order valence-electron chi connectivity index (χ3n) is 3.52. The highest BCUT2D eigenvalue weighted by molar-refractivity contribution is 7.89. The molecule has 0 unspecified atom stereocenters. The number of hydrogen-bond acceptors (Lipinski definition) is 5. The van der Waals surface area contributed by atoms with Crippen molar-refractivity contribution in [3.05, 3.63) is 29.6 Å². The maximum Gasteiger partial charge on any atom is 0.257 e. The van der Waals surface area contributed by atoms with E-state index in [-0.39, 0.29) is 24.7 Å². The second kappa shape index (κ2) is 6.29. The summed E-state index contributed by atoms with van der Waals surface area (Å²) in [6, 6.07) is 2.17. The molecule has 0 saturated carbocycles. The number of amides is 1. The Morgan fingerprint density at radius 3 is 2.68 bits per heavy atom. The zero-order chi connectivity index (χ0) is 16.5. The van der Waals surface area contributed by atoms with Crippen LogP contribution in [0.2, 0.25) is 0 Å². The van der Waals surface area contributed by atoms with E-state index < -0.39 is 39.5 Å². The van der Waals surface area contributed by atoms with Gasteiger partial charge < -0.3 is 14.7 Å². The monoisotopic (exact) mass is 332 g/mol. The van der Waals surface area contributed by atoms with Crippen molar-refractivity contribution in [1.29, 1.82) is 0 Å². The summed E-state index contributed by atoms with van der Waals surface area (Å²) in [5, 5.41) is 14.8. The normalized spacial score (nSPS) is 21.8. The molecule has 1 fully saturated rings. The van der Waals surface area contributed by atoms with Crippen molar-refractivity contribution in [2.75, 3.05) is 19.8 Å². The van der Waals surface area contributed by atoms with Crippen LogP contribution in [0.3, 0.4) is 0 Å². The number of rotatable bonds is 4. The van der Waals surface area contributed by atoms with Gasteiger partial charge >= 0.3 is 0 Å². The Bertz CT molecular complexity index is 679. The summed E-state index contributed by atoms with van der Waals surface area (Å²) >= 11 is 0. The van der Waals surface area contributed by atoms with Crippen molar-refractivity contribution >= 4 is 15.9 Å². The van der Waals surface area contributed by atoms with Crippen LogP contribution >= 0.6 is 0 Å². The van der Waals surface area contributed by atoms with Crippen LogP contribution in [0.4, 0.5) is 4.39 Å². The summed E-state index contributed by atoms with van der Waals surface area (Å²) in [7, 11) is -4.05. The molecular formula is C13H17FN2O5S. The smallest absolute Gasteiger partial charge is 0.257 e. The van der Waals surface area contributed by atoms with Gasteiger partial charge in [0.25, 0.3) is 5.91 Å². The Hall–Kier alpha value is -1.55. The number of hydrogen-bond donors (Lipinski definition) is 2. The minimum Gasteiger partial charge on any atom is -0.388 e. The molecular weight excluding hydrogens is 315 g/mol. The minimum absolute atomic E-state index is 0.0914. The second-order valence-electron chi connectivity index (χ2n) is 4.95. The van der Waals surface area contributed by atoms with Gasteiger partial charge in [0.05, 0.1) is 35.8 Å². The van der Waals surface area contributed by atoms with Crippen LogP contribution in [0.1, 0.15) is 17.3 Å². The van der Waals surface area contributed by atoms with Crippen molar-refractivity contribution in [3.63, 3.8) is 0 Å². The lowest BCUT2D eigenvalue weighted by atomic mass is 10.1. The van der Waals surface area contributed by atoms with Gasteiger partial charge in [0.2, 0.25) is 10.0 Å². The Morgan fingerprint density at radius 2 is 2.18 bits per heavy atom. The van der Waals surface area contributed by atoms with E-state index in [9.17, 15) is 22.7 Å². The van der Waals surface area contributed by atoms with Crippen LogP contribution < -0.4 is 5.14 Å². The lowest BCUT2D eigenvalue weighted by Crippen LogP contribution is -2.46. The number of likely N-dealkylation sites (N-methyl/N-ethyl adjacent to an activating group) is 1. The Balaban J connectivity index is 2.39. The van der Waals surface area contributed by atoms with Crippen LogP contribution in [0, 0.1) is 5.82 Å². The maximum atomic E-state index is 13.9. The number of carbonyl (C=O) groups excluding carboxylic acids is 1.